The van der Waals surface area contributed by atoms with Crippen molar-refractivity contribution in [1.82, 2.24) is 10.6 Å². The average molecular weight is 412 g/mol. The number of fused-ring (bicyclic) bond motifs is 1. The molecule has 5 nitrogen and oxygen atoms in total. The van der Waals surface area contributed by atoms with Crippen LogP contribution in [0.2, 0.25) is 0 Å². The second-order valence-corrected chi connectivity index (χ2v) is 7.53. The minimum Gasteiger partial charge on any atom is -0.459 e. The topological polar surface area (TPSA) is 71.3 Å². The third-order valence-corrected chi connectivity index (χ3v) is 5.28. The monoisotopic (exact) mass is 412 g/mol. The third kappa shape index (κ3) is 5.01. The van der Waals surface area contributed by atoms with Gasteiger partial charge in [0.15, 0.2) is 5.76 Å². The summed E-state index contributed by atoms with van der Waals surface area (Å²) in [7, 11) is 0. The molecule has 4 aromatic rings. The van der Waals surface area contributed by atoms with E-state index < -0.39 is 11.9 Å². The molecule has 2 amide bonds. The van der Waals surface area contributed by atoms with Crippen LogP contribution in [0.15, 0.2) is 95.6 Å². The molecule has 1 heterocycles. The first kappa shape index (κ1) is 20.4. The summed E-state index contributed by atoms with van der Waals surface area (Å²) in [4.78, 5) is 25.7. The molecule has 0 saturated carbocycles. The Morgan fingerprint density at radius 1 is 0.839 bits per heavy atom. The molecule has 2 N–H and O–H groups in total. The van der Waals surface area contributed by atoms with Gasteiger partial charge in [-0.15, -0.1) is 0 Å². The molecule has 0 aliphatic carbocycles. The zero-order chi connectivity index (χ0) is 21.6. The summed E-state index contributed by atoms with van der Waals surface area (Å²) in [5, 5.41) is 8.13. The van der Waals surface area contributed by atoms with Crippen LogP contribution in [0.3, 0.4) is 0 Å². The standard InChI is InChI=1S/C26H24N2O3/c1-18(21-14-13-20-10-5-6-11-22(20)17-21)27-25(29)23(16-19-8-3-2-4-9-19)28-26(30)24-12-7-15-31-24/h2-15,17-18,23H,16H2,1H3,(H,27,29)(H,28,30). The highest BCUT2D eigenvalue weighted by Gasteiger charge is 2.24. The number of carbonyl (C=O) groups excluding carboxylic acids is 2. The molecule has 5 heteroatoms. The fraction of sp³-hybridized carbons (Fsp3) is 0.154. The van der Waals surface area contributed by atoms with Crippen molar-refractivity contribution in [2.75, 3.05) is 0 Å². The number of nitrogens with one attached hydrogen (secondary N) is 2. The van der Waals surface area contributed by atoms with E-state index in [9.17, 15) is 9.59 Å². The number of hydrogen-bond acceptors (Lipinski definition) is 3. The zero-order valence-electron chi connectivity index (χ0n) is 17.2. The molecule has 0 saturated heterocycles. The first-order valence-corrected chi connectivity index (χ1v) is 10.3. The minimum atomic E-state index is -0.733. The van der Waals surface area contributed by atoms with Crippen LogP contribution in [0.25, 0.3) is 10.8 Å². The second kappa shape index (κ2) is 9.30. The average Bonchev–Trinajstić information content (AvgIpc) is 3.34. The molecule has 0 spiro atoms. The van der Waals surface area contributed by atoms with Crippen molar-refractivity contribution in [1.29, 1.82) is 0 Å². The van der Waals surface area contributed by atoms with Crippen molar-refractivity contribution >= 4 is 22.6 Å². The first-order chi connectivity index (χ1) is 15.1. The Morgan fingerprint density at radius 2 is 1.58 bits per heavy atom. The molecular formula is C26H24N2O3. The highest BCUT2D eigenvalue weighted by Crippen LogP contribution is 2.20. The predicted octanol–water partition coefficient (Wildman–Crippen LogP) is 4.65. The molecule has 0 aliphatic heterocycles. The van der Waals surface area contributed by atoms with Crippen LogP contribution in [0.5, 0.6) is 0 Å². The molecule has 0 bridgehead atoms. The van der Waals surface area contributed by atoms with E-state index in [1.807, 2.05) is 61.5 Å². The molecule has 3 aromatic carbocycles. The van der Waals surface area contributed by atoms with Crippen LogP contribution >= 0.6 is 0 Å². The van der Waals surface area contributed by atoms with Crippen LogP contribution < -0.4 is 10.6 Å². The lowest BCUT2D eigenvalue weighted by atomic mass is 10.0. The summed E-state index contributed by atoms with van der Waals surface area (Å²) in [6.45, 7) is 1.94. The normalized spacial score (nSPS) is 12.8. The lowest BCUT2D eigenvalue weighted by Crippen LogP contribution is -2.48. The molecule has 156 valence electrons. The number of rotatable bonds is 7. The van der Waals surface area contributed by atoms with E-state index in [0.717, 1.165) is 21.9 Å². The van der Waals surface area contributed by atoms with Gasteiger partial charge in [0.25, 0.3) is 5.91 Å². The number of benzene rings is 3. The molecule has 2 atom stereocenters. The largest absolute Gasteiger partial charge is 0.459 e. The second-order valence-electron chi connectivity index (χ2n) is 7.53. The maximum atomic E-state index is 13.1. The van der Waals surface area contributed by atoms with Crippen molar-refractivity contribution in [3.05, 3.63) is 108 Å². The Labute approximate surface area is 181 Å². The lowest BCUT2D eigenvalue weighted by molar-refractivity contribution is -0.123. The summed E-state index contributed by atoms with van der Waals surface area (Å²) < 4.78 is 5.17. The number of hydrogen-bond donors (Lipinski definition) is 2. The Bertz CT molecular complexity index is 1170. The molecule has 0 fully saturated rings. The van der Waals surface area contributed by atoms with Crippen LogP contribution in [0, 0.1) is 0 Å². The van der Waals surface area contributed by atoms with Gasteiger partial charge in [-0.3, -0.25) is 9.59 Å². The fourth-order valence-electron chi connectivity index (χ4n) is 3.57. The smallest absolute Gasteiger partial charge is 0.287 e. The van der Waals surface area contributed by atoms with E-state index in [-0.39, 0.29) is 17.7 Å². The maximum absolute atomic E-state index is 13.1. The van der Waals surface area contributed by atoms with E-state index in [1.165, 1.54) is 6.26 Å². The molecular weight excluding hydrogens is 388 g/mol. The van der Waals surface area contributed by atoms with Gasteiger partial charge < -0.3 is 15.1 Å². The van der Waals surface area contributed by atoms with E-state index in [4.69, 9.17) is 4.42 Å². The molecule has 0 aliphatic rings. The SMILES string of the molecule is CC(NC(=O)C(Cc1ccccc1)NC(=O)c1ccco1)c1ccc2ccccc2c1. The van der Waals surface area contributed by atoms with Crippen LogP contribution in [-0.4, -0.2) is 17.9 Å². The number of carbonyl (C=O) groups is 2. The van der Waals surface area contributed by atoms with Gasteiger partial charge in [-0.05, 0) is 47.0 Å². The summed E-state index contributed by atoms with van der Waals surface area (Å²) >= 11 is 0. The van der Waals surface area contributed by atoms with Crippen LogP contribution in [0.4, 0.5) is 0 Å². The van der Waals surface area contributed by atoms with E-state index in [0.29, 0.717) is 6.42 Å². The molecule has 1 aromatic heterocycles. The van der Waals surface area contributed by atoms with Gasteiger partial charge in [-0.25, -0.2) is 0 Å². The van der Waals surface area contributed by atoms with Gasteiger partial charge >= 0.3 is 0 Å². The predicted molar refractivity (Wildman–Crippen MR) is 121 cm³/mol. The van der Waals surface area contributed by atoms with Crippen molar-refractivity contribution in [3.63, 3.8) is 0 Å². The quantitative estimate of drug-likeness (QED) is 0.464. The highest BCUT2D eigenvalue weighted by atomic mass is 16.3. The number of amides is 2. The summed E-state index contributed by atoms with van der Waals surface area (Å²) in [5.74, 6) is -0.489. The minimum absolute atomic E-state index is 0.174. The highest BCUT2D eigenvalue weighted by molar-refractivity contribution is 5.95. The van der Waals surface area contributed by atoms with Crippen molar-refractivity contribution in [2.24, 2.45) is 0 Å². The van der Waals surface area contributed by atoms with Crippen molar-refractivity contribution in [3.8, 4) is 0 Å². The Kier molecular flexibility index (Phi) is 6.13. The molecule has 2 unspecified atom stereocenters. The maximum Gasteiger partial charge on any atom is 0.287 e. The van der Waals surface area contributed by atoms with E-state index in [1.54, 1.807) is 12.1 Å². The van der Waals surface area contributed by atoms with Crippen molar-refractivity contribution in [2.45, 2.75) is 25.4 Å². The van der Waals surface area contributed by atoms with Gasteiger partial charge in [0, 0.05) is 6.42 Å². The molecule has 0 radical (unpaired) electrons. The third-order valence-electron chi connectivity index (χ3n) is 5.28. The van der Waals surface area contributed by atoms with Gasteiger partial charge in [0.05, 0.1) is 12.3 Å². The van der Waals surface area contributed by atoms with E-state index >= 15 is 0 Å². The zero-order valence-corrected chi connectivity index (χ0v) is 17.2. The van der Waals surface area contributed by atoms with Crippen molar-refractivity contribution < 1.29 is 14.0 Å². The fourth-order valence-corrected chi connectivity index (χ4v) is 3.57. The summed E-state index contributed by atoms with van der Waals surface area (Å²) in [6.07, 6.45) is 1.81. The Morgan fingerprint density at radius 3 is 2.32 bits per heavy atom. The Hall–Kier alpha value is -3.86. The summed E-state index contributed by atoms with van der Waals surface area (Å²) in [5.41, 5.74) is 1.96. The molecule has 4 rings (SSSR count). The van der Waals surface area contributed by atoms with Gasteiger partial charge in [-0.2, -0.15) is 0 Å². The Balaban J connectivity index is 1.51. The van der Waals surface area contributed by atoms with Gasteiger partial charge in [0.1, 0.15) is 6.04 Å². The van der Waals surface area contributed by atoms with Gasteiger partial charge in [0.2, 0.25) is 5.91 Å². The summed E-state index contributed by atoms with van der Waals surface area (Å²) in [6, 6.07) is 26.1. The van der Waals surface area contributed by atoms with Gasteiger partial charge in [-0.1, -0.05) is 66.7 Å². The lowest BCUT2D eigenvalue weighted by Gasteiger charge is -2.22. The molecule has 31 heavy (non-hydrogen) atoms. The number of furan rings is 1. The van der Waals surface area contributed by atoms with E-state index in [2.05, 4.69) is 28.8 Å². The van der Waals surface area contributed by atoms with Crippen LogP contribution in [-0.2, 0) is 11.2 Å². The first-order valence-electron chi connectivity index (χ1n) is 10.3. The van der Waals surface area contributed by atoms with Crippen LogP contribution in [0.1, 0.15) is 34.6 Å².